The molecule has 0 saturated heterocycles. The van der Waals surface area contributed by atoms with Gasteiger partial charge in [0.2, 0.25) is 0 Å². The largest absolute Gasteiger partial charge is 0.506 e. The lowest BCUT2D eigenvalue weighted by Crippen LogP contribution is -2.41. The number of hydrogen-bond donors (Lipinski definition) is 2. The number of sulfone groups is 1. The predicted octanol–water partition coefficient (Wildman–Crippen LogP) is 7.55. The molecular weight excluding hydrogens is 633 g/mol. The number of allylic oxidation sites excluding steroid dienone is 1. The lowest BCUT2D eigenvalue weighted by atomic mass is 9.88. The number of oxazole rings is 1. The van der Waals surface area contributed by atoms with Crippen LogP contribution in [0.3, 0.4) is 0 Å². The molecule has 6 rings (SSSR count). The van der Waals surface area contributed by atoms with Crippen LogP contribution in [0.2, 0.25) is 5.02 Å². The Bertz CT molecular complexity index is 2040. The monoisotopic (exact) mass is 665 g/mol. The molecule has 4 aromatic rings. The van der Waals surface area contributed by atoms with Crippen molar-refractivity contribution in [2.24, 2.45) is 5.41 Å². The summed E-state index contributed by atoms with van der Waals surface area (Å²) in [5.74, 6) is -1.34. The lowest BCUT2D eigenvalue weighted by molar-refractivity contribution is 0.0974. The average molecular weight is 666 g/mol. The Hall–Kier alpha value is -4.35. The van der Waals surface area contributed by atoms with Crippen molar-refractivity contribution < 1.29 is 31.9 Å². The van der Waals surface area contributed by atoms with E-state index in [1.807, 2.05) is 39.0 Å². The minimum Gasteiger partial charge on any atom is -0.506 e. The number of carbonyl (C=O) groups is 1. The van der Waals surface area contributed by atoms with Crippen molar-refractivity contribution >= 4 is 38.7 Å². The first kappa shape index (κ1) is 31.6. The van der Waals surface area contributed by atoms with E-state index in [-0.39, 0.29) is 75.2 Å². The number of hydrogen-bond acceptors (Lipinski definition) is 8. The van der Waals surface area contributed by atoms with Crippen molar-refractivity contribution in [3.8, 4) is 11.5 Å². The van der Waals surface area contributed by atoms with Gasteiger partial charge in [0.05, 0.1) is 21.4 Å². The molecule has 0 aliphatic carbocycles. The van der Waals surface area contributed by atoms with Gasteiger partial charge >= 0.3 is 0 Å². The summed E-state index contributed by atoms with van der Waals surface area (Å²) in [5, 5.41) is 14.7. The summed E-state index contributed by atoms with van der Waals surface area (Å²) in [6, 6.07) is 12.7. The third-order valence-corrected chi connectivity index (χ3v) is 11.0. The number of amides is 1. The Kier molecular flexibility index (Phi) is 7.88. The highest BCUT2D eigenvalue weighted by atomic mass is 35.5. The molecule has 3 aromatic carbocycles. The predicted molar refractivity (Wildman–Crippen MR) is 173 cm³/mol. The molecule has 2 aliphatic rings. The highest BCUT2D eigenvalue weighted by Gasteiger charge is 2.48. The maximum absolute atomic E-state index is 16.4. The van der Waals surface area contributed by atoms with Gasteiger partial charge in [0, 0.05) is 29.8 Å². The molecule has 0 radical (unpaired) electrons. The fraction of sp³-hybridized carbons (Fsp3) is 0.294. The Morgan fingerprint density at radius 1 is 1.17 bits per heavy atom. The molecule has 9 nitrogen and oxygen atoms in total. The summed E-state index contributed by atoms with van der Waals surface area (Å²) in [6.07, 6.45) is 0.260. The summed E-state index contributed by atoms with van der Waals surface area (Å²) in [4.78, 5) is 19.8. The molecule has 1 atom stereocenters. The number of phenolic OH excluding ortho intramolecular Hbond substituents is 1. The van der Waals surface area contributed by atoms with Crippen LogP contribution in [0.15, 0.2) is 69.6 Å². The molecule has 0 bridgehead atoms. The first-order valence-electron chi connectivity index (χ1n) is 14.7. The molecule has 1 unspecified atom stereocenters. The number of nitrogens with zero attached hydrogens (tertiary/aromatic N) is 2. The molecule has 12 heteroatoms. The Labute approximate surface area is 271 Å². The van der Waals surface area contributed by atoms with E-state index < -0.39 is 33.0 Å². The lowest BCUT2D eigenvalue weighted by Gasteiger charge is -2.37. The number of aromatic hydroxyl groups is 1. The summed E-state index contributed by atoms with van der Waals surface area (Å²) in [5.41, 5.74) is 1.29. The second-order valence-corrected chi connectivity index (χ2v) is 14.8. The summed E-state index contributed by atoms with van der Waals surface area (Å²) < 4.78 is 56.2. The number of benzene rings is 3. The van der Waals surface area contributed by atoms with Crippen molar-refractivity contribution in [3.63, 3.8) is 0 Å². The zero-order chi connectivity index (χ0) is 33.1. The van der Waals surface area contributed by atoms with Crippen LogP contribution >= 0.6 is 11.6 Å². The van der Waals surface area contributed by atoms with Gasteiger partial charge in [-0.25, -0.2) is 17.8 Å². The number of fused-ring (bicyclic) bond motifs is 1. The second-order valence-electron chi connectivity index (χ2n) is 12.5. The van der Waals surface area contributed by atoms with Gasteiger partial charge in [0.15, 0.2) is 21.4 Å². The quantitative estimate of drug-likeness (QED) is 0.210. The highest BCUT2D eigenvalue weighted by molar-refractivity contribution is 7.95. The first-order chi connectivity index (χ1) is 21.7. The van der Waals surface area contributed by atoms with Gasteiger partial charge in [-0.2, -0.15) is 0 Å². The SMILES string of the molecule is Cc1nc(C(=O)N2c3cccc(O)c3NC3=C(C2c2ccc(OCc4cccc(C)c4Cl)cc2F)S(=O)(=O)CC(C)(C)C3)c(C)o1. The number of anilines is 2. The molecule has 3 heterocycles. The standard InChI is InChI=1S/C34H33ClFN3O6S/c1-18-8-6-9-21(28(18)35)16-44-22-12-13-23(24(36)14-22)31-32-25(15-34(4,5)17-46(32,42)43)38-30-26(10-7-11-27(30)40)39(31)33(41)29-19(2)45-20(3)37-29/h6-14,31,38,40H,15-17H2,1-5H3. The van der Waals surface area contributed by atoms with E-state index in [4.69, 9.17) is 20.8 Å². The van der Waals surface area contributed by atoms with E-state index in [0.29, 0.717) is 5.02 Å². The first-order valence-corrected chi connectivity index (χ1v) is 16.7. The van der Waals surface area contributed by atoms with Gasteiger partial charge in [0.1, 0.15) is 41.4 Å². The van der Waals surface area contributed by atoms with Crippen molar-refractivity contribution in [2.45, 2.75) is 53.7 Å². The van der Waals surface area contributed by atoms with Gasteiger partial charge in [-0.3, -0.25) is 9.69 Å². The zero-order valence-electron chi connectivity index (χ0n) is 25.9. The molecule has 0 fully saturated rings. The number of rotatable bonds is 5. The Morgan fingerprint density at radius 3 is 2.61 bits per heavy atom. The van der Waals surface area contributed by atoms with E-state index in [9.17, 15) is 18.3 Å². The molecular formula is C34H33ClFN3O6S. The molecule has 1 aromatic heterocycles. The number of phenols is 1. The minimum absolute atomic E-state index is 0.0650. The number of ether oxygens (including phenoxy) is 1. The van der Waals surface area contributed by atoms with Gasteiger partial charge in [-0.1, -0.05) is 49.7 Å². The average Bonchev–Trinajstić information content (AvgIpc) is 3.22. The number of halogens is 2. The third-order valence-electron chi connectivity index (χ3n) is 8.19. The summed E-state index contributed by atoms with van der Waals surface area (Å²) in [6.45, 7) is 8.74. The van der Waals surface area contributed by atoms with Gasteiger partial charge in [-0.05, 0) is 55.5 Å². The van der Waals surface area contributed by atoms with Crippen LogP contribution < -0.4 is 15.0 Å². The van der Waals surface area contributed by atoms with Crippen LogP contribution in [0.25, 0.3) is 0 Å². The van der Waals surface area contributed by atoms with Crippen molar-refractivity contribution in [1.82, 2.24) is 4.98 Å². The summed E-state index contributed by atoms with van der Waals surface area (Å²) >= 11 is 6.42. The Balaban J connectivity index is 1.55. The second kappa shape index (κ2) is 11.5. The number of para-hydroxylation sites is 1. The summed E-state index contributed by atoms with van der Waals surface area (Å²) in [7, 11) is -4.09. The van der Waals surface area contributed by atoms with Crippen LogP contribution in [0.4, 0.5) is 15.8 Å². The third kappa shape index (κ3) is 5.62. The molecule has 240 valence electrons. The molecule has 0 saturated carbocycles. The number of nitrogens with one attached hydrogen (secondary N) is 1. The smallest absolute Gasteiger partial charge is 0.281 e. The molecule has 2 aliphatic heterocycles. The Morgan fingerprint density at radius 2 is 1.91 bits per heavy atom. The topological polar surface area (TPSA) is 122 Å². The fourth-order valence-corrected chi connectivity index (χ4v) is 8.79. The van der Waals surface area contributed by atoms with Crippen molar-refractivity contribution in [3.05, 3.63) is 110 Å². The van der Waals surface area contributed by atoms with Crippen LogP contribution in [-0.2, 0) is 16.4 Å². The normalized spacial score (nSPS) is 18.3. The minimum atomic E-state index is -4.09. The van der Waals surface area contributed by atoms with Gasteiger partial charge in [0.25, 0.3) is 5.91 Å². The van der Waals surface area contributed by atoms with Crippen LogP contribution in [0.1, 0.15) is 65.1 Å². The molecule has 1 amide bonds. The van der Waals surface area contributed by atoms with E-state index in [1.165, 1.54) is 29.2 Å². The highest BCUT2D eigenvalue weighted by Crippen LogP contribution is 2.52. The fourth-order valence-electron chi connectivity index (χ4n) is 6.25. The number of aromatic nitrogens is 1. The maximum Gasteiger partial charge on any atom is 0.281 e. The van der Waals surface area contributed by atoms with Crippen molar-refractivity contribution in [1.29, 1.82) is 0 Å². The van der Waals surface area contributed by atoms with Crippen LogP contribution in [-0.4, -0.2) is 30.2 Å². The molecule has 0 spiro atoms. The van der Waals surface area contributed by atoms with E-state index >= 15 is 4.39 Å². The van der Waals surface area contributed by atoms with Crippen molar-refractivity contribution in [2.75, 3.05) is 16.0 Å². The molecule has 46 heavy (non-hydrogen) atoms. The maximum atomic E-state index is 16.4. The molecule has 2 N–H and O–H groups in total. The van der Waals surface area contributed by atoms with Gasteiger partial charge < -0.3 is 19.6 Å². The van der Waals surface area contributed by atoms with Crippen LogP contribution in [0, 0.1) is 32.0 Å². The van der Waals surface area contributed by atoms with Gasteiger partial charge in [-0.15, -0.1) is 0 Å². The number of carbonyl (C=O) groups excluding carboxylic acids is 1. The van der Waals surface area contributed by atoms with E-state index in [2.05, 4.69) is 10.3 Å². The van der Waals surface area contributed by atoms with E-state index in [0.717, 1.165) is 17.2 Å². The zero-order valence-corrected chi connectivity index (χ0v) is 27.5. The van der Waals surface area contributed by atoms with Crippen LogP contribution in [0.5, 0.6) is 11.5 Å². The number of aryl methyl sites for hydroxylation is 3. The van der Waals surface area contributed by atoms with E-state index in [1.54, 1.807) is 19.9 Å².